The van der Waals surface area contributed by atoms with Crippen LogP contribution in [0.15, 0.2) is 33.3 Å². The van der Waals surface area contributed by atoms with Crippen molar-refractivity contribution in [2.24, 2.45) is 0 Å². The number of rotatable bonds is 5. The lowest BCUT2D eigenvalue weighted by atomic mass is 10.2. The van der Waals surface area contributed by atoms with E-state index in [1.54, 1.807) is 29.8 Å². The van der Waals surface area contributed by atoms with Gasteiger partial charge >= 0.3 is 5.69 Å². The molecule has 2 aromatic heterocycles. The van der Waals surface area contributed by atoms with Crippen LogP contribution in [0, 0.1) is 0 Å². The minimum absolute atomic E-state index is 0.212. The molecule has 0 saturated carbocycles. The van der Waals surface area contributed by atoms with Gasteiger partial charge < -0.3 is 5.11 Å². The van der Waals surface area contributed by atoms with Crippen LogP contribution in [0.5, 0.6) is 0 Å². The van der Waals surface area contributed by atoms with E-state index in [9.17, 15) is 9.90 Å². The van der Waals surface area contributed by atoms with Crippen molar-refractivity contribution in [3.8, 4) is 0 Å². The highest BCUT2D eigenvalue weighted by Gasteiger charge is 2.11. The summed E-state index contributed by atoms with van der Waals surface area (Å²) in [5, 5.41) is 17.3. The Morgan fingerprint density at radius 1 is 1.58 bits per heavy atom. The molecule has 0 aromatic carbocycles. The smallest absolute Gasteiger partial charge is 0.343 e. The number of hydrogen-bond donors (Lipinski definition) is 2. The van der Waals surface area contributed by atoms with Crippen molar-refractivity contribution in [1.29, 1.82) is 0 Å². The Morgan fingerprint density at radius 3 is 3.05 bits per heavy atom. The zero-order valence-corrected chi connectivity index (χ0v) is 11.6. The van der Waals surface area contributed by atoms with Crippen molar-refractivity contribution in [1.82, 2.24) is 19.7 Å². The summed E-state index contributed by atoms with van der Waals surface area (Å²) in [5.74, 6) is 0. The van der Waals surface area contributed by atoms with E-state index in [0.717, 1.165) is 12.0 Å². The summed E-state index contributed by atoms with van der Waals surface area (Å²) in [4.78, 5) is 15.8. The monoisotopic (exact) mass is 280 g/mol. The highest BCUT2D eigenvalue weighted by atomic mass is 32.2. The minimum atomic E-state index is -0.542. The Hall–Kier alpha value is -1.60. The third kappa shape index (κ3) is 3.24. The van der Waals surface area contributed by atoms with Gasteiger partial charge in [0.15, 0.2) is 5.16 Å². The second-order valence-electron chi connectivity index (χ2n) is 4.17. The van der Waals surface area contributed by atoms with E-state index in [-0.39, 0.29) is 5.69 Å². The van der Waals surface area contributed by atoms with Gasteiger partial charge in [-0.15, -0.1) is 5.10 Å². The molecule has 0 radical (unpaired) electrons. The van der Waals surface area contributed by atoms with Crippen LogP contribution in [0.25, 0.3) is 0 Å². The van der Waals surface area contributed by atoms with E-state index in [2.05, 4.69) is 15.2 Å². The number of hydrogen-bond acceptors (Lipinski definition) is 5. The third-order valence-corrected chi connectivity index (χ3v) is 3.53. The van der Waals surface area contributed by atoms with E-state index in [1.165, 1.54) is 11.8 Å². The van der Waals surface area contributed by atoms with Crippen LogP contribution in [0.4, 0.5) is 0 Å². The molecule has 0 aliphatic carbocycles. The summed E-state index contributed by atoms with van der Waals surface area (Å²) in [6.45, 7) is 4.32. The first-order valence-electron chi connectivity index (χ1n) is 6.09. The first kappa shape index (κ1) is 13.8. The lowest BCUT2D eigenvalue weighted by Gasteiger charge is -2.06. The molecule has 2 rings (SSSR count). The predicted octanol–water partition coefficient (Wildman–Crippen LogP) is 1.58. The molecule has 0 unspecified atom stereocenters. The van der Waals surface area contributed by atoms with Crippen molar-refractivity contribution >= 4 is 11.8 Å². The van der Waals surface area contributed by atoms with E-state index in [1.807, 2.05) is 6.92 Å². The first-order valence-corrected chi connectivity index (χ1v) is 6.90. The van der Waals surface area contributed by atoms with Gasteiger partial charge in [-0.2, -0.15) is 0 Å². The molecule has 6 nitrogen and oxygen atoms in total. The van der Waals surface area contributed by atoms with Crippen LogP contribution in [0.2, 0.25) is 0 Å². The lowest BCUT2D eigenvalue weighted by molar-refractivity contribution is 0.199. The number of pyridine rings is 1. The maximum atomic E-state index is 11.6. The van der Waals surface area contributed by atoms with E-state index in [4.69, 9.17) is 0 Å². The lowest BCUT2D eigenvalue weighted by Crippen LogP contribution is -2.17. The maximum absolute atomic E-state index is 11.6. The van der Waals surface area contributed by atoms with E-state index >= 15 is 0 Å². The average molecular weight is 280 g/mol. The Kier molecular flexibility index (Phi) is 4.39. The summed E-state index contributed by atoms with van der Waals surface area (Å²) in [6, 6.07) is 3.56. The number of aromatic amines is 1. The van der Waals surface area contributed by atoms with Gasteiger partial charge in [0.05, 0.1) is 6.10 Å². The molecule has 102 valence electrons. The van der Waals surface area contributed by atoms with Crippen LogP contribution >= 0.6 is 11.8 Å². The average Bonchev–Trinajstić information content (AvgIpc) is 2.72. The molecule has 2 heterocycles. The number of H-pyrrole nitrogens is 1. The molecule has 0 amide bonds. The Bertz CT molecular complexity index is 606. The molecule has 2 aromatic rings. The number of aliphatic hydroxyl groups is 1. The van der Waals surface area contributed by atoms with Gasteiger partial charge in [0.1, 0.15) is 5.03 Å². The third-order valence-electron chi connectivity index (χ3n) is 2.61. The second-order valence-corrected chi connectivity index (χ2v) is 5.16. The number of nitrogens with zero attached hydrogens (tertiary/aromatic N) is 3. The largest absolute Gasteiger partial charge is 0.389 e. The summed E-state index contributed by atoms with van der Waals surface area (Å²) >= 11 is 1.30. The van der Waals surface area contributed by atoms with Crippen LogP contribution in [0.3, 0.4) is 0 Å². The molecule has 7 heteroatoms. The summed E-state index contributed by atoms with van der Waals surface area (Å²) < 4.78 is 1.58. The van der Waals surface area contributed by atoms with Gasteiger partial charge in [-0.3, -0.25) is 4.57 Å². The highest BCUT2D eigenvalue weighted by molar-refractivity contribution is 7.99. The fourth-order valence-corrected chi connectivity index (χ4v) is 2.51. The van der Waals surface area contributed by atoms with Crippen molar-refractivity contribution in [3.63, 3.8) is 0 Å². The Morgan fingerprint density at radius 2 is 2.37 bits per heavy atom. The molecule has 0 saturated heterocycles. The summed E-state index contributed by atoms with van der Waals surface area (Å²) in [6.07, 6.45) is 1.95. The number of nitrogens with one attached hydrogen (secondary N) is 1. The van der Waals surface area contributed by atoms with Crippen molar-refractivity contribution in [2.75, 3.05) is 0 Å². The molecule has 2 N–H and O–H groups in total. The van der Waals surface area contributed by atoms with Gasteiger partial charge in [0.25, 0.3) is 0 Å². The van der Waals surface area contributed by atoms with E-state index < -0.39 is 6.10 Å². The standard InChI is InChI=1S/C12H16N4O2S/c1-3-6-16-11(18)14-15-12(16)19-10-7-9(8(2)17)4-5-13-10/h4-5,7-8,17H,3,6H2,1-2H3,(H,14,18)/t8-/m0/s1. The summed E-state index contributed by atoms with van der Waals surface area (Å²) in [7, 11) is 0. The molecule has 0 spiro atoms. The molecule has 19 heavy (non-hydrogen) atoms. The highest BCUT2D eigenvalue weighted by Crippen LogP contribution is 2.25. The van der Waals surface area contributed by atoms with Gasteiger partial charge in [-0.25, -0.2) is 14.9 Å². The van der Waals surface area contributed by atoms with E-state index in [0.29, 0.717) is 16.7 Å². The fraction of sp³-hybridized carbons (Fsp3) is 0.417. The molecule has 0 aliphatic rings. The topological polar surface area (TPSA) is 83.8 Å². The SMILES string of the molecule is CCCn1c(Sc2cc([C@H](C)O)ccn2)n[nH]c1=O. The van der Waals surface area contributed by atoms with Gasteiger partial charge in [-0.1, -0.05) is 6.92 Å². The van der Waals surface area contributed by atoms with Gasteiger partial charge in [0, 0.05) is 12.7 Å². The summed E-state index contributed by atoms with van der Waals surface area (Å²) in [5.41, 5.74) is 0.577. The van der Waals surface area contributed by atoms with Crippen molar-refractivity contribution < 1.29 is 5.11 Å². The normalized spacial score (nSPS) is 12.6. The molecule has 1 atom stereocenters. The Balaban J connectivity index is 2.26. The molecular formula is C12H16N4O2S. The molecule has 0 aliphatic heterocycles. The predicted molar refractivity (Wildman–Crippen MR) is 72.1 cm³/mol. The zero-order chi connectivity index (χ0) is 13.8. The van der Waals surface area contributed by atoms with Crippen molar-refractivity contribution in [3.05, 3.63) is 34.4 Å². The second kappa shape index (κ2) is 6.03. The van der Waals surface area contributed by atoms with Gasteiger partial charge in [-0.05, 0) is 42.8 Å². The zero-order valence-electron chi connectivity index (χ0n) is 10.8. The van der Waals surface area contributed by atoms with Crippen LogP contribution < -0.4 is 5.69 Å². The fourth-order valence-electron chi connectivity index (χ4n) is 1.64. The molecule has 0 bridgehead atoms. The van der Waals surface area contributed by atoms with Crippen LogP contribution in [0.1, 0.15) is 31.9 Å². The molecular weight excluding hydrogens is 264 g/mol. The maximum Gasteiger partial charge on any atom is 0.343 e. The van der Waals surface area contributed by atoms with Crippen molar-refractivity contribution in [2.45, 2.75) is 43.1 Å². The minimum Gasteiger partial charge on any atom is -0.389 e. The number of aromatic nitrogens is 4. The Labute approximate surface area is 114 Å². The molecule has 0 fully saturated rings. The van der Waals surface area contributed by atoms with Crippen LogP contribution in [-0.4, -0.2) is 24.9 Å². The van der Waals surface area contributed by atoms with Gasteiger partial charge in [0.2, 0.25) is 0 Å². The first-order chi connectivity index (χ1) is 9.11. The number of aliphatic hydroxyl groups excluding tert-OH is 1. The van der Waals surface area contributed by atoms with Crippen LogP contribution in [-0.2, 0) is 6.54 Å². The quantitative estimate of drug-likeness (QED) is 0.868.